The molecule has 0 aromatic heterocycles. The second-order valence-corrected chi connectivity index (χ2v) is 5.31. The zero-order valence-electron chi connectivity index (χ0n) is 12.3. The van der Waals surface area contributed by atoms with Crippen LogP contribution in [-0.4, -0.2) is 48.4 Å². The molecule has 0 radical (unpaired) electrons. The quantitative estimate of drug-likeness (QED) is 0.801. The van der Waals surface area contributed by atoms with Gasteiger partial charge in [0.15, 0.2) is 0 Å². The molecule has 0 atom stereocenters. The molecule has 1 aromatic carbocycles. The molecule has 2 rings (SSSR count). The van der Waals surface area contributed by atoms with E-state index in [1.807, 2.05) is 6.08 Å². The Labute approximate surface area is 128 Å². The Morgan fingerprint density at radius 3 is 2.68 bits per heavy atom. The first-order valence-electron chi connectivity index (χ1n) is 7.21. The van der Waals surface area contributed by atoms with E-state index in [-0.39, 0.29) is 11.5 Å². The molecule has 6 heteroatoms. The molecule has 1 heterocycles. The van der Waals surface area contributed by atoms with Crippen LogP contribution >= 0.6 is 0 Å². The summed E-state index contributed by atoms with van der Waals surface area (Å²) in [5, 5.41) is 0. The number of alkyl halides is 3. The molecule has 0 bridgehead atoms. The first-order valence-corrected chi connectivity index (χ1v) is 7.21. The molecule has 3 nitrogen and oxygen atoms in total. The molecule has 0 N–H and O–H groups in total. The van der Waals surface area contributed by atoms with Crippen molar-refractivity contribution in [2.75, 3.05) is 32.7 Å². The molecule has 0 spiro atoms. The number of carbonyl (C=O) groups excluding carboxylic acids is 1. The van der Waals surface area contributed by atoms with Gasteiger partial charge in [-0.05, 0) is 24.6 Å². The lowest BCUT2D eigenvalue weighted by molar-refractivity contribution is -0.137. The van der Waals surface area contributed by atoms with E-state index in [0.717, 1.165) is 31.6 Å². The number of hydrogen-bond donors (Lipinski definition) is 0. The van der Waals surface area contributed by atoms with Crippen molar-refractivity contribution in [3.05, 3.63) is 48.0 Å². The molecular weight excluding hydrogens is 293 g/mol. The number of halogens is 3. The molecule has 1 aliphatic heterocycles. The number of hydrogen-bond acceptors (Lipinski definition) is 2. The first kappa shape index (κ1) is 16.5. The normalized spacial score (nSPS) is 17.1. The topological polar surface area (TPSA) is 23.6 Å². The number of benzene rings is 1. The molecule has 1 aromatic rings. The molecule has 0 unspecified atom stereocenters. The maximum absolute atomic E-state index is 12.7. The van der Waals surface area contributed by atoms with Crippen LogP contribution in [-0.2, 0) is 6.18 Å². The van der Waals surface area contributed by atoms with Gasteiger partial charge in [0.2, 0.25) is 0 Å². The van der Waals surface area contributed by atoms with E-state index in [1.54, 1.807) is 4.90 Å². The van der Waals surface area contributed by atoms with Crippen LogP contribution in [0.15, 0.2) is 36.9 Å². The lowest BCUT2D eigenvalue weighted by Gasteiger charge is -2.21. The summed E-state index contributed by atoms with van der Waals surface area (Å²) in [4.78, 5) is 16.2. The SMILES string of the molecule is C=CCN1CCCN(C(=O)c2cccc(C(F)(F)F)c2)CC1. The van der Waals surface area contributed by atoms with Crippen molar-refractivity contribution in [2.24, 2.45) is 0 Å². The highest BCUT2D eigenvalue weighted by atomic mass is 19.4. The highest BCUT2D eigenvalue weighted by molar-refractivity contribution is 5.94. The molecule has 0 aliphatic carbocycles. The molecule has 1 amide bonds. The summed E-state index contributed by atoms with van der Waals surface area (Å²) in [6.45, 7) is 7.09. The lowest BCUT2D eigenvalue weighted by Crippen LogP contribution is -2.35. The zero-order valence-corrected chi connectivity index (χ0v) is 12.3. The third-order valence-electron chi connectivity index (χ3n) is 3.70. The largest absolute Gasteiger partial charge is 0.416 e. The lowest BCUT2D eigenvalue weighted by atomic mass is 10.1. The predicted molar refractivity (Wildman–Crippen MR) is 78.6 cm³/mol. The summed E-state index contributed by atoms with van der Waals surface area (Å²) in [7, 11) is 0. The third kappa shape index (κ3) is 4.10. The van der Waals surface area contributed by atoms with Gasteiger partial charge in [-0.25, -0.2) is 0 Å². The summed E-state index contributed by atoms with van der Waals surface area (Å²) in [6.07, 6.45) is -1.82. The van der Waals surface area contributed by atoms with Crippen LogP contribution in [0.1, 0.15) is 22.3 Å². The van der Waals surface area contributed by atoms with E-state index < -0.39 is 11.7 Å². The minimum absolute atomic E-state index is 0.0898. The Bertz CT molecular complexity index is 542. The van der Waals surface area contributed by atoms with Gasteiger partial charge in [-0.3, -0.25) is 9.69 Å². The standard InChI is InChI=1S/C16H19F3N2O/c1-2-7-20-8-4-9-21(11-10-20)15(22)13-5-3-6-14(12-13)16(17,18)19/h2-3,5-6,12H,1,4,7-11H2. The summed E-state index contributed by atoms with van der Waals surface area (Å²) in [6, 6.07) is 4.61. The van der Waals surface area contributed by atoms with E-state index in [9.17, 15) is 18.0 Å². The summed E-state index contributed by atoms with van der Waals surface area (Å²) in [5.41, 5.74) is -0.701. The minimum atomic E-state index is -4.43. The minimum Gasteiger partial charge on any atom is -0.337 e. The predicted octanol–water partition coefficient (Wildman–Crippen LogP) is 3.04. The van der Waals surface area contributed by atoms with Crippen molar-refractivity contribution >= 4 is 5.91 Å². The van der Waals surface area contributed by atoms with Gasteiger partial charge in [0.1, 0.15) is 0 Å². The number of carbonyl (C=O) groups is 1. The van der Waals surface area contributed by atoms with Crippen LogP contribution < -0.4 is 0 Å². The van der Waals surface area contributed by atoms with Gasteiger partial charge in [-0.15, -0.1) is 6.58 Å². The van der Waals surface area contributed by atoms with Gasteiger partial charge in [0, 0.05) is 38.3 Å². The summed E-state index contributed by atoms with van der Waals surface area (Å²) < 4.78 is 38.2. The maximum Gasteiger partial charge on any atom is 0.416 e. The van der Waals surface area contributed by atoms with Crippen LogP contribution in [0.2, 0.25) is 0 Å². The Kier molecular flexibility index (Phi) is 5.24. The Morgan fingerprint density at radius 1 is 1.23 bits per heavy atom. The van der Waals surface area contributed by atoms with E-state index in [1.165, 1.54) is 12.1 Å². The second kappa shape index (κ2) is 6.96. The third-order valence-corrected chi connectivity index (χ3v) is 3.70. The van der Waals surface area contributed by atoms with Gasteiger partial charge in [0.25, 0.3) is 5.91 Å². The molecular formula is C16H19F3N2O. The molecule has 1 aliphatic rings. The summed E-state index contributed by atoms with van der Waals surface area (Å²) in [5.74, 6) is -0.341. The van der Waals surface area contributed by atoms with Crippen molar-refractivity contribution in [3.8, 4) is 0 Å². The van der Waals surface area contributed by atoms with Gasteiger partial charge < -0.3 is 4.90 Å². The van der Waals surface area contributed by atoms with E-state index in [0.29, 0.717) is 19.6 Å². The summed E-state index contributed by atoms with van der Waals surface area (Å²) >= 11 is 0. The van der Waals surface area contributed by atoms with Crippen LogP contribution in [0.5, 0.6) is 0 Å². The highest BCUT2D eigenvalue weighted by Crippen LogP contribution is 2.29. The second-order valence-electron chi connectivity index (χ2n) is 5.31. The highest BCUT2D eigenvalue weighted by Gasteiger charge is 2.31. The number of amides is 1. The number of nitrogens with zero attached hydrogens (tertiary/aromatic N) is 2. The molecule has 0 saturated carbocycles. The van der Waals surface area contributed by atoms with Gasteiger partial charge >= 0.3 is 6.18 Å². The molecule has 120 valence electrons. The fourth-order valence-electron chi connectivity index (χ4n) is 2.55. The molecule has 1 fully saturated rings. The van der Waals surface area contributed by atoms with Gasteiger partial charge in [0.05, 0.1) is 5.56 Å². The zero-order chi connectivity index (χ0) is 16.2. The fourth-order valence-corrected chi connectivity index (χ4v) is 2.55. The van der Waals surface area contributed by atoms with Crippen molar-refractivity contribution in [1.82, 2.24) is 9.80 Å². The van der Waals surface area contributed by atoms with Gasteiger partial charge in [-0.2, -0.15) is 13.2 Å². The van der Waals surface area contributed by atoms with Crippen molar-refractivity contribution in [3.63, 3.8) is 0 Å². The monoisotopic (exact) mass is 312 g/mol. The van der Waals surface area contributed by atoms with Crippen LogP contribution in [0.25, 0.3) is 0 Å². The van der Waals surface area contributed by atoms with Crippen molar-refractivity contribution in [2.45, 2.75) is 12.6 Å². The van der Waals surface area contributed by atoms with Crippen LogP contribution in [0, 0.1) is 0 Å². The first-order chi connectivity index (χ1) is 10.4. The average Bonchev–Trinajstić information content (AvgIpc) is 2.72. The maximum atomic E-state index is 12.7. The fraction of sp³-hybridized carbons (Fsp3) is 0.438. The molecule has 22 heavy (non-hydrogen) atoms. The Balaban J connectivity index is 2.09. The smallest absolute Gasteiger partial charge is 0.337 e. The Hall–Kier alpha value is -1.82. The van der Waals surface area contributed by atoms with Crippen molar-refractivity contribution in [1.29, 1.82) is 0 Å². The Morgan fingerprint density at radius 2 is 2.00 bits per heavy atom. The average molecular weight is 312 g/mol. The van der Waals surface area contributed by atoms with Crippen LogP contribution in [0.4, 0.5) is 13.2 Å². The number of rotatable bonds is 3. The van der Waals surface area contributed by atoms with Crippen LogP contribution in [0.3, 0.4) is 0 Å². The van der Waals surface area contributed by atoms with Gasteiger partial charge in [-0.1, -0.05) is 12.1 Å². The van der Waals surface area contributed by atoms with Crippen molar-refractivity contribution < 1.29 is 18.0 Å². The van der Waals surface area contributed by atoms with E-state index in [4.69, 9.17) is 0 Å². The van der Waals surface area contributed by atoms with E-state index >= 15 is 0 Å². The molecule has 1 saturated heterocycles. The van der Waals surface area contributed by atoms with E-state index in [2.05, 4.69) is 11.5 Å².